The fourth-order valence-corrected chi connectivity index (χ4v) is 4.07. The molecule has 0 unspecified atom stereocenters. The van der Waals surface area contributed by atoms with Crippen LogP contribution in [0.4, 0.5) is 10.1 Å². The number of nitrogens with zero attached hydrogens (tertiary/aromatic N) is 3. The molecule has 0 saturated heterocycles. The average molecular weight is 503 g/mol. The first-order valence-corrected chi connectivity index (χ1v) is 11.4. The van der Waals surface area contributed by atoms with E-state index in [2.05, 4.69) is 15.5 Å². The molecule has 168 valence electrons. The van der Waals surface area contributed by atoms with Crippen LogP contribution in [0, 0.1) is 5.82 Å². The van der Waals surface area contributed by atoms with Crippen LogP contribution in [0.5, 0.6) is 5.75 Å². The van der Waals surface area contributed by atoms with E-state index in [1.807, 2.05) is 41.0 Å². The highest BCUT2D eigenvalue weighted by molar-refractivity contribution is 7.99. The molecule has 0 fully saturated rings. The highest BCUT2D eigenvalue weighted by Crippen LogP contribution is 2.30. The molecule has 6 nitrogen and oxygen atoms in total. The van der Waals surface area contributed by atoms with Crippen LogP contribution in [0.25, 0.3) is 17.1 Å². The van der Waals surface area contributed by atoms with Crippen LogP contribution in [-0.2, 0) is 4.79 Å². The third-order valence-electron chi connectivity index (χ3n) is 4.60. The number of methoxy groups -OCH3 is 1. The lowest BCUT2D eigenvalue weighted by molar-refractivity contribution is -0.113. The molecule has 1 aromatic heterocycles. The quantitative estimate of drug-likeness (QED) is 0.308. The van der Waals surface area contributed by atoms with Gasteiger partial charge in [-0.1, -0.05) is 35.0 Å². The normalized spacial score (nSPS) is 10.8. The number of benzene rings is 3. The van der Waals surface area contributed by atoms with Crippen molar-refractivity contribution in [3.63, 3.8) is 0 Å². The van der Waals surface area contributed by atoms with Crippen LogP contribution < -0.4 is 10.1 Å². The maximum absolute atomic E-state index is 13.3. The Morgan fingerprint density at radius 3 is 2.45 bits per heavy atom. The van der Waals surface area contributed by atoms with E-state index in [0.29, 0.717) is 27.4 Å². The topological polar surface area (TPSA) is 69.0 Å². The zero-order chi connectivity index (χ0) is 23.4. The van der Waals surface area contributed by atoms with Crippen molar-refractivity contribution in [1.29, 1.82) is 0 Å². The van der Waals surface area contributed by atoms with Gasteiger partial charge in [0.2, 0.25) is 5.91 Å². The predicted octanol–water partition coefficient (Wildman–Crippen LogP) is 6.12. The molecule has 1 N–H and O–H groups in total. The molecular formula is C23H17Cl2FN4O2S. The summed E-state index contributed by atoms with van der Waals surface area (Å²) in [5, 5.41) is 12.4. The number of thioether (sulfide) groups is 1. The van der Waals surface area contributed by atoms with E-state index in [1.165, 1.54) is 30.0 Å². The Morgan fingerprint density at radius 2 is 1.79 bits per heavy atom. The van der Waals surface area contributed by atoms with Crippen molar-refractivity contribution in [3.8, 4) is 22.8 Å². The van der Waals surface area contributed by atoms with E-state index in [4.69, 9.17) is 27.9 Å². The molecule has 3 aromatic carbocycles. The largest absolute Gasteiger partial charge is 0.497 e. The Hall–Kier alpha value is -3.07. The van der Waals surface area contributed by atoms with E-state index in [-0.39, 0.29) is 16.7 Å². The van der Waals surface area contributed by atoms with Crippen LogP contribution in [0.1, 0.15) is 0 Å². The van der Waals surface area contributed by atoms with Crippen LogP contribution in [0.3, 0.4) is 0 Å². The second kappa shape index (κ2) is 10.2. The summed E-state index contributed by atoms with van der Waals surface area (Å²) in [5.74, 6) is 0.534. The highest BCUT2D eigenvalue weighted by Gasteiger charge is 2.18. The first-order valence-electron chi connectivity index (χ1n) is 9.68. The maximum atomic E-state index is 13.3. The first-order chi connectivity index (χ1) is 15.9. The van der Waals surface area contributed by atoms with Gasteiger partial charge in [-0.2, -0.15) is 0 Å². The summed E-state index contributed by atoms with van der Waals surface area (Å²) in [6, 6.07) is 18.7. The molecule has 1 amide bonds. The zero-order valence-electron chi connectivity index (χ0n) is 17.3. The van der Waals surface area contributed by atoms with Gasteiger partial charge in [-0.05, 0) is 66.7 Å². The molecule has 10 heteroatoms. The maximum Gasteiger partial charge on any atom is 0.234 e. The van der Waals surface area contributed by atoms with Gasteiger partial charge in [-0.15, -0.1) is 10.2 Å². The molecule has 0 spiro atoms. The van der Waals surface area contributed by atoms with E-state index in [0.717, 1.165) is 11.3 Å². The molecule has 0 aliphatic heterocycles. The average Bonchev–Trinajstić information content (AvgIpc) is 3.24. The molecule has 4 aromatic rings. The highest BCUT2D eigenvalue weighted by atomic mass is 35.5. The minimum atomic E-state index is -0.550. The monoisotopic (exact) mass is 502 g/mol. The summed E-state index contributed by atoms with van der Waals surface area (Å²) in [5.41, 5.74) is 2.03. The minimum absolute atomic E-state index is 0.0594. The lowest BCUT2D eigenvalue weighted by Gasteiger charge is -2.11. The lowest BCUT2D eigenvalue weighted by atomic mass is 10.2. The van der Waals surface area contributed by atoms with E-state index >= 15 is 0 Å². The molecule has 0 atom stereocenters. The van der Waals surface area contributed by atoms with Crippen molar-refractivity contribution in [3.05, 3.63) is 82.6 Å². The van der Waals surface area contributed by atoms with Crippen molar-refractivity contribution in [1.82, 2.24) is 14.8 Å². The fourth-order valence-electron chi connectivity index (χ4n) is 3.01. The van der Waals surface area contributed by atoms with Gasteiger partial charge < -0.3 is 10.1 Å². The number of nitrogens with one attached hydrogen (secondary N) is 1. The number of rotatable bonds is 7. The number of ether oxygens (including phenoxy) is 1. The molecule has 0 saturated carbocycles. The second-order valence-corrected chi connectivity index (χ2v) is 8.60. The fraction of sp³-hybridized carbons (Fsp3) is 0.0870. The van der Waals surface area contributed by atoms with E-state index < -0.39 is 5.82 Å². The van der Waals surface area contributed by atoms with Crippen molar-refractivity contribution in [2.75, 3.05) is 18.2 Å². The van der Waals surface area contributed by atoms with Gasteiger partial charge in [0, 0.05) is 22.0 Å². The van der Waals surface area contributed by atoms with Crippen LogP contribution >= 0.6 is 35.0 Å². The molecule has 0 radical (unpaired) electrons. The van der Waals surface area contributed by atoms with Crippen molar-refractivity contribution in [2.45, 2.75) is 5.16 Å². The van der Waals surface area contributed by atoms with E-state index in [1.54, 1.807) is 19.2 Å². The summed E-state index contributed by atoms with van der Waals surface area (Å²) in [6.45, 7) is 0. The Balaban J connectivity index is 1.59. The van der Waals surface area contributed by atoms with Gasteiger partial charge in [0.15, 0.2) is 11.0 Å². The summed E-state index contributed by atoms with van der Waals surface area (Å²) < 4.78 is 20.4. The molecule has 0 aliphatic rings. The van der Waals surface area contributed by atoms with E-state index in [9.17, 15) is 9.18 Å². The van der Waals surface area contributed by atoms with Crippen LogP contribution in [-0.4, -0.2) is 33.5 Å². The number of hydrogen-bond acceptors (Lipinski definition) is 5. The number of amides is 1. The molecule has 0 aliphatic carbocycles. The van der Waals surface area contributed by atoms with Crippen LogP contribution in [0.15, 0.2) is 71.9 Å². The third-order valence-corrected chi connectivity index (χ3v) is 6.07. The number of halogens is 3. The molecule has 0 bridgehead atoms. The van der Waals surface area contributed by atoms with Gasteiger partial charge in [0.05, 0.1) is 17.9 Å². The van der Waals surface area contributed by atoms with Crippen molar-refractivity contribution in [2.24, 2.45) is 0 Å². The summed E-state index contributed by atoms with van der Waals surface area (Å²) >= 11 is 13.0. The second-order valence-electron chi connectivity index (χ2n) is 6.81. The smallest absolute Gasteiger partial charge is 0.234 e. The number of anilines is 1. The molecule has 4 rings (SSSR count). The first kappa shape index (κ1) is 23.1. The minimum Gasteiger partial charge on any atom is -0.497 e. The lowest BCUT2D eigenvalue weighted by Crippen LogP contribution is -2.14. The summed E-state index contributed by atoms with van der Waals surface area (Å²) in [7, 11) is 1.60. The van der Waals surface area contributed by atoms with Crippen molar-refractivity contribution < 1.29 is 13.9 Å². The number of aromatic nitrogens is 3. The molecule has 33 heavy (non-hydrogen) atoms. The van der Waals surface area contributed by atoms with Gasteiger partial charge in [-0.3, -0.25) is 9.36 Å². The molecular weight excluding hydrogens is 486 g/mol. The van der Waals surface area contributed by atoms with Gasteiger partial charge in [0.1, 0.15) is 11.6 Å². The summed E-state index contributed by atoms with van der Waals surface area (Å²) in [6.07, 6.45) is 0. The number of hydrogen-bond donors (Lipinski definition) is 1. The Bertz CT molecular complexity index is 1280. The standard InChI is InChI=1S/C23H17Cl2FN4O2S/c1-32-18-9-7-17(8-10-18)30-22(14-2-4-15(24)5-3-14)28-29-23(30)33-13-21(31)27-16-6-11-20(26)19(25)12-16/h2-12H,13H2,1H3,(H,27,31). The molecule has 1 heterocycles. The number of carbonyl (C=O) groups is 1. The number of carbonyl (C=O) groups excluding carboxylic acids is 1. The third kappa shape index (κ3) is 5.47. The van der Waals surface area contributed by atoms with Gasteiger partial charge in [0.25, 0.3) is 0 Å². The summed E-state index contributed by atoms with van der Waals surface area (Å²) in [4.78, 5) is 12.5. The van der Waals surface area contributed by atoms with Crippen LogP contribution in [0.2, 0.25) is 10.0 Å². The van der Waals surface area contributed by atoms with Gasteiger partial charge >= 0.3 is 0 Å². The zero-order valence-corrected chi connectivity index (χ0v) is 19.6. The Labute approximate surface area is 203 Å². The SMILES string of the molecule is COc1ccc(-n2c(SCC(=O)Nc3ccc(F)c(Cl)c3)nnc2-c2ccc(Cl)cc2)cc1. The Kier molecular flexibility index (Phi) is 7.17. The Morgan fingerprint density at radius 1 is 1.06 bits per heavy atom. The van der Waals surface area contributed by atoms with Crippen molar-refractivity contribution >= 4 is 46.6 Å². The van der Waals surface area contributed by atoms with Gasteiger partial charge in [-0.25, -0.2) is 4.39 Å². The predicted molar refractivity (Wildman–Crippen MR) is 129 cm³/mol.